The standard InChI is InChI=1S/C23H24ClNO4/c1-27-22-9-7-17(13-21(22)24)8-10-23(26)25-14-18-4-2-5-19(12-18)15-28-16-20-6-3-11-29-20/h2-7,9,11-13H,8,10,14-16H2,1H3,(H,25,26). The number of benzene rings is 2. The molecule has 2 aromatic carbocycles. The molecule has 3 aromatic rings. The van der Waals surface area contributed by atoms with Crippen LogP contribution in [0.15, 0.2) is 65.3 Å². The van der Waals surface area contributed by atoms with Gasteiger partial charge in [0.25, 0.3) is 0 Å². The summed E-state index contributed by atoms with van der Waals surface area (Å²) in [6.45, 7) is 1.40. The number of rotatable bonds is 10. The lowest BCUT2D eigenvalue weighted by molar-refractivity contribution is -0.121. The largest absolute Gasteiger partial charge is 0.495 e. The number of amides is 1. The quantitative estimate of drug-likeness (QED) is 0.513. The number of ether oxygens (including phenoxy) is 2. The predicted octanol–water partition coefficient (Wildman–Crippen LogP) is 4.91. The van der Waals surface area contributed by atoms with E-state index in [2.05, 4.69) is 5.32 Å². The molecule has 0 bridgehead atoms. The van der Waals surface area contributed by atoms with Gasteiger partial charge in [-0.3, -0.25) is 4.79 Å². The minimum absolute atomic E-state index is 0.00332. The summed E-state index contributed by atoms with van der Waals surface area (Å²) in [5.41, 5.74) is 3.09. The van der Waals surface area contributed by atoms with Crippen LogP contribution in [-0.4, -0.2) is 13.0 Å². The summed E-state index contributed by atoms with van der Waals surface area (Å²) in [5.74, 6) is 1.43. The highest BCUT2D eigenvalue weighted by Gasteiger charge is 2.06. The van der Waals surface area contributed by atoms with Gasteiger partial charge in [-0.05, 0) is 47.4 Å². The zero-order chi connectivity index (χ0) is 20.5. The molecule has 1 heterocycles. The van der Waals surface area contributed by atoms with Gasteiger partial charge >= 0.3 is 0 Å². The Hall–Kier alpha value is -2.76. The molecule has 0 fully saturated rings. The Morgan fingerprint density at radius 3 is 2.66 bits per heavy atom. The maximum atomic E-state index is 12.2. The lowest BCUT2D eigenvalue weighted by atomic mass is 10.1. The zero-order valence-corrected chi connectivity index (χ0v) is 17.1. The fourth-order valence-corrected chi connectivity index (χ4v) is 3.19. The normalized spacial score (nSPS) is 10.7. The topological polar surface area (TPSA) is 60.7 Å². The van der Waals surface area contributed by atoms with Gasteiger partial charge < -0.3 is 19.2 Å². The van der Waals surface area contributed by atoms with Crippen LogP contribution in [0.3, 0.4) is 0 Å². The molecule has 0 spiro atoms. The third-order valence-electron chi connectivity index (χ3n) is 4.43. The molecule has 0 saturated carbocycles. The van der Waals surface area contributed by atoms with Crippen molar-refractivity contribution < 1.29 is 18.7 Å². The van der Waals surface area contributed by atoms with Crippen LogP contribution in [0.5, 0.6) is 5.75 Å². The highest BCUT2D eigenvalue weighted by Crippen LogP contribution is 2.25. The number of aryl methyl sites for hydroxylation is 1. The van der Waals surface area contributed by atoms with Gasteiger partial charge in [0.05, 0.1) is 25.0 Å². The van der Waals surface area contributed by atoms with Crippen molar-refractivity contribution >= 4 is 17.5 Å². The third-order valence-corrected chi connectivity index (χ3v) is 4.73. The second-order valence-electron chi connectivity index (χ2n) is 6.64. The van der Waals surface area contributed by atoms with Crippen LogP contribution < -0.4 is 10.1 Å². The van der Waals surface area contributed by atoms with E-state index in [1.54, 1.807) is 13.4 Å². The number of halogens is 1. The van der Waals surface area contributed by atoms with Crippen molar-refractivity contribution in [2.75, 3.05) is 7.11 Å². The van der Waals surface area contributed by atoms with E-state index >= 15 is 0 Å². The van der Waals surface area contributed by atoms with Crippen molar-refractivity contribution in [3.05, 3.63) is 88.3 Å². The Labute approximate surface area is 175 Å². The Kier molecular flexibility index (Phi) is 7.73. The molecule has 3 rings (SSSR count). The molecule has 6 heteroatoms. The van der Waals surface area contributed by atoms with E-state index in [-0.39, 0.29) is 5.91 Å². The van der Waals surface area contributed by atoms with Crippen LogP contribution in [0.4, 0.5) is 0 Å². The SMILES string of the molecule is COc1ccc(CCC(=O)NCc2cccc(COCc3ccco3)c2)cc1Cl. The van der Waals surface area contributed by atoms with Crippen molar-refractivity contribution in [3.8, 4) is 5.75 Å². The monoisotopic (exact) mass is 413 g/mol. The van der Waals surface area contributed by atoms with Gasteiger partial charge in [0, 0.05) is 13.0 Å². The summed E-state index contributed by atoms with van der Waals surface area (Å²) in [6.07, 6.45) is 2.65. The molecule has 152 valence electrons. The lowest BCUT2D eigenvalue weighted by Gasteiger charge is -2.09. The minimum Gasteiger partial charge on any atom is -0.495 e. The summed E-state index contributed by atoms with van der Waals surface area (Å²) in [7, 11) is 1.58. The fraction of sp³-hybridized carbons (Fsp3) is 0.261. The lowest BCUT2D eigenvalue weighted by Crippen LogP contribution is -2.23. The smallest absolute Gasteiger partial charge is 0.220 e. The second kappa shape index (κ2) is 10.7. The maximum absolute atomic E-state index is 12.2. The minimum atomic E-state index is -0.00332. The number of nitrogens with one attached hydrogen (secondary N) is 1. The van der Waals surface area contributed by atoms with E-state index in [1.165, 1.54) is 0 Å². The molecule has 0 aliphatic heterocycles. The average Bonchev–Trinajstić information content (AvgIpc) is 3.25. The Morgan fingerprint density at radius 1 is 1.03 bits per heavy atom. The van der Waals surface area contributed by atoms with E-state index in [9.17, 15) is 4.79 Å². The van der Waals surface area contributed by atoms with E-state index in [0.29, 0.717) is 43.4 Å². The second-order valence-corrected chi connectivity index (χ2v) is 7.04. The first-order valence-electron chi connectivity index (χ1n) is 9.41. The number of hydrogen-bond donors (Lipinski definition) is 1. The first-order chi connectivity index (χ1) is 14.1. The summed E-state index contributed by atoms with van der Waals surface area (Å²) in [4.78, 5) is 12.2. The molecular weight excluding hydrogens is 390 g/mol. The van der Waals surface area contributed by atoms with Crippen LogP contribution >= 0.6 is 11.6 Å². The van der Waals surface area contributed by atoms with Crippen LogP contribution in [-0.2, 0) is 35.7 Å². The van der Waals surface area contributed by atoms with Crippen molar-refractivity contribution in [2.24, 2.45) is 0 Å². The van der Waals surface area contributed by atoms with Gasteiger partial charge in [0.1, 0.15) is 18.1 Å². The van der Waals surface area contributed by atoms with Gasteiger partial charge in [-0.25, -0.2) is 0 Å². The van der Waals surface area contributed by atoms with Gasteiger partial charge in [-0.15, -0.1) is 0 Å². The highest BCUT2D eigenvalue weighted by molar-refractivity contribution is 6.32. The first-order valence-corrected chi connectivity index (χ1v) is 9.79. The molecule has 0 aliphatic rings. The number of carbonyl (C=O) groups excluding carboxylic acids is 1. The van der Waals surface area contributed by atoms with Gasteiger partial charge in [0.15, 0.2) is 0 Å². The predicted molar refractivity (Wildman–Crippen MR) is 112 cm³/mol. The van der Waals surface area contributed by atoms with Gasteiger partial charge in [0.2, 0.25) is 5.91 Å². The first kappa shape index (κ1) is 21.0. The van der Waals surface area contributed by atoms with Crippen molar-refractivity contribution in [1.29, 1.82) is 0 Å². The van der Waals surface area contributed by atoms with Crippen molar-refractivity contribution in [3.63, 3.8) is 0 Å². The molecule has 1 aromatic heterocycles. The van der Waals surface area contributed by atoms with E-state index in [0.717, 1.165) is 22.5 Å². The summed E-state index contributed by atoms with van der Waals surface area (Å²) >= 11 is 6.12. The number of hydrogen-bond acceptors (Lipinski definition) is 4. The van der Waals surface area contributed by atoms with Crippen LogP contribution in [0.2, 0.25) is 5.02 Å². The Balaban J connectivity index is 1.42. The summed E-state index contributed by atoms with van der Waals surface area (Å²) < 4.78 is 16.0. The molecule has 1 N–H and O–H groups in total. The van der Waals surface area contributed by atoms with E-state index in [4.69, 9.17) is 25.5 Å². The van der Waals surface area contributed by atoms with Crippen LogP contribution in [0, 0.1) is 0 Å². The maximum Gasteiger partial charge on any atom is 0.220 e. The molecule has 0 aliphatic carbocycles. The molecule has 0 atom stereocenters. The molecule has 1 amide bonds. The summed E-state index contributed by atoms with van der Waals surface area (Å²) in [6, 6.07) is 17.3. The number of furan rings is 1. The average molecular weight is 414 g/mol. The van der Waals surface area contributed by atoms with E-state index < -0.39 is 0 Å². The Bertz CT molecular complexity index is 924. The molecule has 5 nitrogen and oxygen atoms in total. The van der Waals surface area contributed by atoms with Crippen LogP contribution in [0.25, 0.3) is 0 Å². The highest BCUT2D eigenvalue weighted by atomic mass is 35.5. The van der Waals surface area contributed by atoms with Gasteiger partial charge in [-0.2, -0.15) is 0 Å². The number of carbonyl (C=O) groups is 1. The fourth-order valence-electron chi connectivity index (χ4n) is 2.91. The van der Waals surface area contributed by atoms with E-state index in [1.807, 2.05) is 54.6 Å². The Morgan fingerprint density at radius 2 is 1.90 bits per heavy atom. The molecule has 29 heavy (non-hydrogen) atoms. The zero-order valence-electron chi connectivity index (χ0n) is 16.3. The molecular formula is C23H24ClNO4. The van der Waals surface area contributed by atoms with Crippen molar-refractivity contribution in [1.82, 2.24) is 5.32 Å². The molecule has 0 unspecified atom stereocenters. The molecule has 0 radical (unpaired) electrons. The summed E-state index contributed by atoms with van der Waals surface area (Å²) in [5, 5.41) is 3.51. The van der Waals surface area contributed by atoms with Gasteiger partial charge in [-0.1, -0.05) is 41.9 Å². The van der Waals surface area contributed by atoms with Crippen molar-refractivity contribution in [2.45, 2.75) is 32.6 Å². The molecule has 0 saturated heterocycles. The van der Waals surface area contributed by atoms with Crippen LogP contribution in [0.1, 0.15) is 28.9 Å². The number of methoxy groups -OCH3 is 1. The third kappa shape index (κ3) is 6.66.